The Hall–Kier alpha value is -3.16. The maximum absolute atomic E-state index is 9.10. The molecule has 0 atom stereocenters. The highest BCUT2D eigenvalue weighted by Gasteiger charge is 2.12. The van der Waals surface area contributed by atoms with Gasteiger partial charge in [-0.05, 0) is 12.0 Å². The number of aromatic nitrogens is 3. The molecule has 4 N–H and O–H groups in total. The first kappa shape index (κ1) is 17.2. The van der Waals surface area contributed by atoms with E-state index in [1.165, 1.54) is 0 Å². The zero-order valence-electron chi connectivity index (χ0n) is 13.3. The second-order valence-electron chi connectivity index (χ2n) is 5.61. The van der Waals surface area contributed by atoms with Crippen molar-refractivity contribution in [2.45, 2.75) is 20.4 Å². The summed E-state index contributed by atoms with van der Waals surface area (Å²) in [6.07, 6.45) is 1.86. The molecule has 0 aliphatic rings. The highest BCUT2D eigenvalue weighted by molar-refractivity contribution is 6.27. The molecule has 3 aromatic rings. The number of para-hydroxylation sites is 1. The number of hydrogen-bond acceptors (Lipinski definition) is 5. The molecular weight excluding hydrogens is 312 g/mol. The topological polar surface area (TPSA) is 131 Å². The molecule has 8 nitrogen and oxygen atoms in total. The number of carbonyl (C=O) groups is 2. The largest absolute Gasteiger partial charge is 0.473 e. The normalized spacial score (nSPS) is 10.6. The standard InChI is InChI=1S/C14H16N4.C2H2O4/c1-9(2)7-18-8-16-12-13(18)10-5-3-4-6-11(10)17-14(12)15;3-1(4)2(5)6/h3-6,8-9H,7H2,1-2H3,(H2,15,17);(H,3,4)(H,5,6). The van der Waals surface area contributed by atoms with Gasteiger partial charge in [0.05, 0.1) is 17.4 Å². The predicted molar refractivity (Wildman–Crippen MR) is 89.6 cm³/mol. The summed E-state index contributed by atoms with van der Waals surface area (Å²) >= 11 is 0. The molecule has 0 saturated carbocycles. The number of nitrogens with zero attached hydrogens (tertiary/aromatic N) is 3. The molecular formula is C16H18N4O4. The van der Waals surface area contributed by atoms with E-state index in [-0.39, 0.29) is 0 Å². The zero-order chi connectivity index (χ0) is 17.9. The fraction of sp³-hybridized carbons (Fsp3) is 0.250. The molecule has 24 heavy (non-hydrogen) atoms. The van der Waals surface area contributed by atoms with Crippen LogP contribution in [0, 0.1) is 5.92 Å². The van der Waals surface area contributed by atoms with Crippen molar-refractivity contribution in [2.75, 3.05) is 5.73 Å². The van der Waals surface area contributed by atoms with Gasteiger partial charge in [0.25, 0.3) is 0 Å². The molecule has 2 heterocycles. The lowest BCUT2D eigenvalue weighted by Crippen LogP contribution is -2.09. The van der Waals surface area contributed by atoms with Crippen molar-refractivity contribution in [3.63, 3.8) is 0 Å². The molecule has 0 unspecified atom stereocenters. The van der Waals surface area contributed by atoms with Crippen molar-refractivity contribution in [2.24, 2.45) is 5.92 Å². The lowest BCUT2D eigenvalue weighted by Gasteiger charge is -2.09. The quantitative estimate of drug-likeness (QED) is 0.612. The first-order chi connectivity index (χ1) is 11.3. The van der Waals surface area contributed by atoms with Crippen LogP contribution in [0.5, 0.6) is 0 Å². The number of benzene rings is 1. The van der Waals surface area contributed by atoms with Gasteiger partial charge in [0, 0.05) is 11.9 Å². The lowest BCUT2D eigenvalue weighted by molar-refractivity contribution is -0.159. The van der Waals surface area contributed by atoms with Crippen LogP contribution in [0.25, 0.3) is 21.9 Å². The molecule has 0 saturated heterocycles. The van der Waals surface area contributed by atoms with Gasteiger partial charge in [-0.3, -0.25) is 0 Å². The van der Waals surface area contributed by atoms with Gasteiger partial charge in [-0.25, -0.2) is 19.6 Å². The monoisotopic (exact) mass is 330 g/mol. The Morgan fingerprint density at radius 3 is 2.42 bits per heavy atom. The van der Waals surface area contributed by atoms with E-state index in [2.05, 4.69) is 34.4 Å². The minimum atomic E-state index is -1.82. The first-order valence-electron chi connectivity index (χ1n) is 7.26. The Bertz CT molecular complexity index is 890. The summed E-state index contributed by atoms with van der Waals surface area (Å²) in [6, 6.07) is 8.05. The van der Waals surface area contributed by atoms with Gasteiger partial charge in [0.1, 0.15) is 5.52 Å². The van der Waals surface area contributed by atoms with Crippen molar-refractivity contribution in [1.82, 2.24) is 14.5 Å². The maximum atomic E-state index is 9.10. The van der Waals surface area contributed by atoms with Crippen molar-refractivity contribution >= 4 is 39.7 Å². The van der Waals surface area contributed by atoms with E-state index in [4.69, 9.17) is 25.5 Å². The molecule has 0 radical (unpaired) electrons. The molecule has 0 spiro atoms. The van der Waals surface area contributed by atoms with Gasteiger partial charge in [-0.15, -0.1) is 0 Å². The minimum Gasteiger partial charge on any atom is -0.473 e. The molecule has 126 valence electrons. The number of imidazole rings is 1. The van der Waals surface area contributed by atoms with Crippen LogP contribution in [0.4, 0.5) is 5.82 Å². The average Bonchev–Trinajstić information content (AvgIpc) is 2.92. The fourth-order valence-electron chi connectivity index (χ4n) is 2.34. The highest BCUT2D eigenvalue weighted by atomic mass is 16.4. The SMILES string of the molecule is CC(C)Cn1cnc2c(N)nc3ccccc3c21.O=C(O)C(=O)O. The van der Waals surface area contributed by atoms with E-state index in [1.54, 1.807) is 0 Å². The Kier molecular flexibility index (Phi) is 4.98. The first-order valence-corrected chi connectivity index (χ1v) is 7.26. The number of anilines is 1. The lowest BCUT2D eigenvalue weighted by atomic mass is 10.1. The minimum absolute atomic E-state index is 0.506. The van der Waals surface area contributed by atoms with Crippen LogP contribution in [-0.2, 0) is 16.1 Å². The summed E-state index contributed by atoms with van der Waals surface area (Å²) in [7, 11) is 0. The average molecular weight is 330 g/mol. The summed E-state index contributed by atoms with van der Waals surface area (Å²) in [4.78, 5) is 27.0. The van der Waals surface area contributed by atoms with Gasteiger partial charge in [-0.2, -0.15) is 0 Å². The Balaban J connectivity index is 0.000000301. The number of aliphatic carboxylic acids is 2. The maximum Gasteiger partial charge on any atom is 0.414 e. The van der Waals surface area contributed by atoms with Gasteiger partial charge >= 0.3 is 11.9 Å². The van der Waals surface area contributed by atoms with Crippen LogP contribution in [0.3, 0.4) is 0 Å². The van der Waals surface area contributed by atoms with Crippen LogP contribution in [0.15, 0.2) is 30.6 Å². The predicted octanol–water partition coefficient (Wildman–Crippen LogP) is 1.98. The summed E-state index contributed by atoms with van der Waals surface area (Å²) in [5.41, 5.74) is 8.79. The molecule has 0 aliphatic heterocycles. The third-order valence-corrected chi connectivity index (χ3v) is 3.23. The number of rotatable bonds is 2. The highest BCUT2D eigenvalue weighted by Crippen LogP contribution is 2.27. The molecule has 3 rings (SSSR count). The Morgan fingerprint density at radius 1 is 1.21 bits per heavy atom. The smallest absolute Gasteiger partial charge is 0.414 e. The van der Waals surface area contributed by atoms with Crippen LogP contribution < -0.4 is 5.73 Å². The summed E-state index contributed by atoms with van der Waals surface area (Å²) < 4.78 is 2.17. The van der Waals surface area contributed by atoms with Gasteiger partial charge < -0.3 is 20.5 Å². The fourth-order valence-corrected chi connectivity index (χ4v) is 2.34. The van der Waals surface area contributed by atoms with Crippen molar-refractivity contribution < 1.29 is 19.8 Å². The molecule has 0 aliphatic carbocycles. The van der Waals surface area contributed by atoms with Gasteiger partial charge in [-0.1, -0.05) is 32.0 Å². The van der Waals surface area contributed by atoms with E-state index in [0.717, 1.165) is 28.5 Å². The van der Waals surface area contributed by atoms with Crippen molar-refractivity contribution in [1.29, 1.82) is 0 Å². The number of pyridine rings is 1. The summed E-state index contributed by atoms with van der Waals surface area (Å²) in [5, 5.41) is 15.9. The molecule has 1 aromatic carbocycles. The van der Waals surface area contributed by atoms with E-state index in [0.29, 0.717) is 11.7 Å². The summed E-state index contributed by atoms with van der Waals surface area (Å²) in [5.74, 6) is -2.58. The third-order valence-electron chi connectivity index (χ3n) is 3.23. The second-order valence-corrected chi connectivity index (χ2v) is 5.61. The Labute approximate surface area is 137 Å². The van der Waals surface area contributed by atoms with E-state index in [1.807, 2.05) is 24.5 Å². The Morgan fingerprint density at radius 2 is 1.83 bits per heavy atom. The number of carboxylic acids is 2. The second kappa shape index (κ2) is 6.95. The third kappa shape index (κ3) is 3.60. The summed E-state index contributed by atoms with van der Waals surface area (Å²) in [6.45, 7) is 5.32. The van der Waals surface area contributed by atoms with Crippen molar-refractivity contribution in [3.05, 3.63) is 30.6 Å². The molecule has 8 heteroatoms. The number of fused-ring (bicyclic) bond motifs is 3. The van der Waals surface area contributed by atoms with Crippen LogP contribution in [0.2, 0.25) is 0 Å². The number of nitrogen functional groups attached to an aromatic ring is 1. The van der Waals surface area contributed by atoms with E-state index in [9.17, 15) is 0 Å². The van der Waals surface area contributed by atoms with Crippen LogP contribution in [0.1, 0.15) is 13.8 Å². The molecule has 0 amide bonds. The zero-order valence-corrected chi connectivity index (χ0v) is 13.3. The number of nitrogens with two attached hydrogens (primary N) is 1. The van der Waals surface area contributed by atoms with Crippen molar-refractivity contribution in [3.8, 4) is 0 Å². The van der Waals surface area contributed by atoms with Crippen LogP contribution in [-0.4, -0.2) is 36.7 Å². The van der Waals surface area contributed by atoms with Gasteiger partial charge in [0.15, 0.2) is 5.82 Å². The molecule has 0 bridgehead atoms. The molecule has 0 fully saturated rings. The van der Waals surface area contributed by atoms with E-state index >= 15 is 0 Å². The molecule has 2 aromatic heterocycles. The van der Waals surface area contributed by atoms with Crippen LogP contribution >= 0.6 is 0 Å². The number of carboxylic acid groups (broad SMARTS) is 2. The van der Waals surface area contributed by atoms with Gasteiger partial charge in [0.2, 0.25) is 0 Å². The number of hydrogen-bond donors (Lipinski definition) is 3. The van der Waals surface area contributed by atoms with E-state index < -0.39 is 11.9 Å².